The maximum Gasteiger partial charge on any atom is 0.227 e. The van der Waals surface area contributed by atoms with Crippen LogP contribution in [0.3, 0.4) is 0 Å². The van der Waals surface area contributed by atoms with Gasteiger partial charge in [0.15, 0.2) is 0 Å². The molecule has 5 heteroatoms. The molecule has 2 unspecified atom stereocenters. The lowest BCUT2D eigenvalue weighted by atomic mass is 10.0. The summed E-state index contributed by atoms with van der Waals surface area (Å²) < 4.78 is 5.39. The first-order valence-electron chi connectivity index (χ1n) is 9.27. The Kier molecular flexibility index (Phi) is 5.79. The summed E-state index contributed by atoms with van der Waals surface area (Å²) in [7, 11) is 1.59. The average molecular weight is 366 g/mol. The van der Waals surface area contributed by atoms with E-state index in [1.165, 1.54) is 5.56 Å². The molecule has 0 aromatic heterocycles. The van der Waals surface area contributed by atoms with Gasteiger partial charge in [0.25, 0.3) is 0 Å². The molecular weight excluding hydrogens is 340 g/mol. The number of methoxy groups -OCH3 is 1. The van der Waals surface area contributed by atoms with Crippen LogP contribution in [0.15, 0.2) is 48.5 Å². The summed E-state index contributed by atoms with van der Waals surface area (Å²) in [5.41, 5.74) is 2.96. The Morgan fingerprint density at radius 2 is 2.00 bits per heavy atom. The van der Waals surface area contributed by atoms with E-state index in [0.29, 0.717) is 18.8 Å². The molecule has 3 rings (SSSR count). The normalized spacial score (nSPS) is 17.7. The van der Waals surface area contributed by atoms with Crippen LogP contribution in [0.25, 0.3) is 0 Å². The van der Waals surface area contributed by atoms with E-state index >= 15 is 0 Å². The Hall–Kier alpha value is -2.82. The van der Waals surface area contributed by atoms with Gasteiger partial charge in [-0.1, -0.05) is 43.3 Å². The van der Waals surface area contributed by atoms with Crippen LogP contribution < -0.4 is 15.0 Å². The molecular formula is C22H26N2O3. The number of hydrogen-bond donors (Lipinski definition) is 1. The van der Waals surface area contributed by atoms with E-state index in [1.807, 2.05) is 43.3 Å². The fourth-order valence-corrected chi connectivity index (χ4v) is 3.42. The van der Waals surface area contributed by atoms with Crippen LogP contribution in [-0.4, -0.2) is 32.0 Å². The molecule has 1 saturated heterocycles. The number of anilines is 1. The molecule has 0 radical (unpaired) electrons. The lowest BCUT2D eigenvalue weighted by Gasteiger charge is -2.20. The summed E-state index contributed by atoms with van der Waals surface area (Å²) in [5, 5.41) is 3.01. The second-order valence-electron chi connectivity index (χ2n) is 7.14. The van der Waals surface area contributed by atoms with Crippen LogP contribution in [0.2, 0.25) is 0 Å². The van der Waals surface area contributed by atoms with E-state index in [0.717, 1.165) is 11.3 Å². The lowest BCUT2D eigenvalue weighted by Crippen LogP contribution is -2.35. The predicted molar refractivity (Wildman–Crippen MR) is 106 cm³/mol. The van der Waals surface area contributed by atoms with Crippen molar-refractivity contribution in [2.75, 3.05) is 25.1 Å². The van der Waals surface area contributed by atoms with E-state index < -0.39 is 0 Å². The minimum atomic E-state index is -0.342. The number of benzene rings is 2. The number of nitrogens with one attached hydrogen (secondary N) is 1. The number of amides is 2. The van der Waals surface area contributed by atoms with E-state index in [9.17, 15) is 9.59 Å². The van der Waals surface area contributed by atoms with Gasteiger partial charge in [0.2, 0.25) is 11.8 Å². The third kappa shape index (κ3) is 4.30. The van der Waals surface area contributed by atoms with Crippen molar-refractivity contribution in [2.45, 2.75) is 26.2 Å². The zero-order valence-corrected chi connectivity index (χ0v) is 16.1. The number of rotatable bonds is 6. The summed E-state index contributed by atoms with van der Waals surface area (Å²) in [5.74, 6) is 0.411. The first kappa shape index (κ1) is 19.0. The van der Waals surface area contributed by atoms with Crippen molar-refractivity contribution in [3.05, 3.63) is 59.7 Å². The van der Waals surface area contributed by atoms with Gasteiger partial charge in [0, 0.05) is 19.5 Å². The first-order chi connectivity index (χ1) is 13.0. The predicted octanol–water partition coefficient (Wildman–Crippen LogP) is 3.28. The van der Waals surface area contributed by atoms with Crippen LogP contribution >= 0.6 is 0 Å². The molecule has 142 valence electrons. The molecule has 1 fully saturated rings. The maximum absolute atomic E-state index is 12.6. The van der Waals surface area contributed by atoms with Gasteiger partial charge in [-0.15, -0.1) is 0 Å². The standard InChI is InChI=1S/C22H26N2O3/c1-15-9-10-20(27-3)19(11-15)24-14-18(12-21(24)25)22(26)23-13-16(2)17-7-5-4-6-8-17/h4-11,16,18H,12-14H2,1-3H3,(H,23,26). The van der Waals surface area contributed by atoms with Gasteiger partial charge in [0.05, 0.1) is 18.7 Å². The number of aryl methyl sites for hydroxylation is 1. The number of carbonyl (C=O) groups excluding carboxylic acids is 2. The van der Waals surface area contributed by atoms with Crippen molar-refractivity contribution >= 4 is 17.5 Å². The van der Waals surface area contributed by atoms with E-state index in [4.69, 9.17) is 4.74 Å². The molecule has 1 N–H and O–H groups in total. The molecule has 2 aromatic carbocycles. The van der Waals surface area contributed by atoms with E-state index in [-0.39, 0.29) is 30.1 Å². The largest absolute Gasteiger partial charge is 0.495 e. The van der Waals surface area contributed by atoms with Crippen molar-refractivity contribution in [1.29, 1.82) is 0 Å². The zero-order valence-electron chi connectivity index (χ0n) is 16.1. The van der Waals surface area contributed by atoms with Gasteiger partial charge in [-0.3, -0.25) is 9.59 Å². The van der Waals surface area contributed by atoms with E-state index in [2.05, 4.69) is 24.4 Å². The monoisotopic (exact) mass is 366 g/mol. The number of nitrogens with zero attached hydrogens (tertiary/aromatic N) is 1. The second-order valence-corrected chi connectivity index (χ2v) is 7.14. The highest BCUT2D eigenvalue weighted by molar-refractivity contribution is 6.01. The van der Waals surface area contributed by atoms with Crippen LogP contribution in [-0.2, 0) is 9.59 Å². The molecule has 2 atom stereocenters. The summed E-state index contributed by atoms with van der Waals surface area (Å²) in [6, 6.07) is 15.8. The highest BCUT2D eigenvalue weighted by Crippen LogP contribution is 2.34. The summed E-state index contributed by atoms with van der Waals surface area (Å²) in [6.45, 7) is 4.99. The summed E-state index contributed by atoms with van der Waals surface area (Å²) in [4.78, 5) is 26.8. The Labute approximate surface area is 160 Å². The van der Waals surface area contributed by atoms with Gasteiger partial charge >= 0.3 is 0 Å². The van der Waals surface area contributed by atoms with Crippen molar-refractivity contribution in [3.63, 3.8) is 0 Å². The Balaban J connectivity index is 1.63. The fraction of sp³-hybridized carbons (Fsp3) is 0.364. The SMILES string of the molecule is COc1ccc(C)cc1N1CC(C(=O)NCC(C)c2ccccc2)CC1=O. The van der Waals surface area contributed by atoms with Gasteiger partial charge in [-0.05, 0) is 36.1 Å². The molecule has 5 nitrogen and oxygen atoms in total. The Morgan fingerprint density at radius 3 is 2.70 bits per heavy atom. The third-order valence-electron chi connectivity index (χ3n) is 5.07. The van der Waals surface area contributed by atoms with Crippen LogP contribution in [0.5, 0.6) is 5.75 Å². The molecule has 1 aliphatic heterocycles. The van der Waals surface area contributed by atoms with Gasteiger partial charge in [0.1, 0.15) is 5.75 Å². The maximum atomic E-state index is 12.6. The van der Waals surface area contributed by atoms with Crippen LogP contribution in [0.1, 0.15) is 30.4 Å². The topological polar surface area (TPSA) is 58.6 Å². The molecule has 1 heterocycles. The molecule has 2 amide bonds. The molecule has 27 heavy (non-hydrogen) atoms. The van der Waals surface area contributed by atoms with Crippen molar-refractivity contribution in [1.82, 2.24) is 5.32 Å². The van der Waals surface area contributed by atoms with Crippen molar-refractivity contribution in [3.8, 4) is 5.75 Å². The number of hydrogen-bond acceptors (Lipinski definition) is 3. The van der Waals surface area contributed by atoms with Crippen molar-refractivity contribution < 1.29 is 14.3 Å². The zero-order chi connectivity index (χ0) is 19.4. The molecule has 2 aromatic rings. The van der Waals surface area contributed by atoms with Crippen molar-refractivity contribution in [2.24, 2.45) is 5.92 Å². The quantitative estimate of drug-likeness (QED) is 0.854. The molecule has 1 aliphatic rings. The first-order valence-corrected chi connectivity index (χ1v) is 9.27. The number of carbonyl (C=O) groups is 2. The van der Waals surface area contributed by atoms with Crippen LogP contribution in [0.4, 0.5) is 5.69 Å². The third-order valence-corrected chi connectivity index (χ3v) is 5.07. The molecule has 0 spiro atoms. The molecule has 0 aliphatic carbocycles. The van der Waals surface area contributed by atoms with Crippen LogP contribution in [0, 0.1) is 12.8 Å². The smallest absolute Gasteiger partial charge is 0.227 e. The Morgan fingerprint density at radius 1 is 1.26 bits per heavy atom. The lowest BCUT2D eigenvalue weighted by molar-refractivity contribution is -0.126. The number of ether oxygens (including phenoxy) is 1. The minimum absolute atomic E-state index is 0.0462. The van der Waals surface area contributed by atoms with E-state index in [1.54, 1.807) is 12.0 Å². The highest BCUT2D eigenvalue weighted by Gasteiger charge is 2.36. The average Bonchev–Trinajstić information content (AvgIpc) is 3.08. The van der Waals surface area contributed by atoms with Gasteiger partial charge in [-0.2, -0.15) is 0 Å². The fourth-order valence-electron chi connectivity index (χ4n) is 3.42. The molecule has 0 saturated carbocycles. The summed E-state index contributed by atoms with van der Waals surface area (Å²) >= 11 is 0. The molecule has 0 bridgehead atoms. The second kappa shape index (κ2) is 8.25. The van der Waals surface area contributed by atoms with Gasteiger partial charge < -0.3 is 15.0 Å². The Bertz CT molecular complexity index is 820. The highest BCUT2D eigenvalue weighted by atomic mass is 16.5. The summed E-state index contributed by atoms with van der Waals surface area (Å²) in [6.07, 6.45) is 0.225. The van der Waals surface area contributed by atoms with Gasteiger partial charge in [-0.25, -0.2) is 0 Å². The minimum Gasteiger partial charge on any atom is -0.495 e.